The van der Waals surface area contributed by atoms with Crippen LogP contribution in [0.2, 0.25) is 5.02 Å². The first kappa shape index (κ1) is 31.2. The number of carbonyl (C=O) groups excluding carboxylic acids is 1. The van der Waals surface area contributed by atoms with E-state index in [1.165, 1.54) is 18.3 Å². The summed E-state index contributed by atoms with van der Waals surface area (Å²) in [5, 5.41) is 6.19. The molecule has 1 aromatic heterocycles. The molecule has 0 spiro atoms. The molecule has 0 bridgehead atoms. The van der Waals surface area contributed by atoms with Crippen molar-refractivity contribution in [3.05, 3.63) is 94.4 Å². The number of halogens is 2. The third-order valence-electron chi connectivity index (χ3n) is 7.54. The average molecular weight is 618 g/mol. The van der Waals surface area contributed by atoms with Crippen molar-refractivity contribution in [2.24, 2.45) is 0 Å². The highest BCUT2D eigenvalue weighted by molar-refractivity contribution is 6.32. The largest absolute Gasteiger partial charge is 0.436 e. The number of piperazine rings is 1. The van der Waals surface area contributed by atoms with Gasteiger partial charge in [-0.25, -0.2) is 9.37 Å². The van der Waals surface area contributed by atoms with Crippen LogP contribution in [0.25, 0.3) is 0 Å². The fraction of sp³-hybridized carbons (Fsp3) is 0.303. The SMILES string of the molecule is Cc1cccc(C)c1NC(=O)c1cnc(Nc2ccc(N3CCN(CCN(C)C)CC3)cc2)nc1Oc1ccc(F)cc1Cl. The summed E-state index contributed by atoms with van der Waals surface area (Å²) in [5.74, 6) is -0.596. The number of carbonyl (C=O) groups is 1. The highest BCUT2D eigenvalue weighted by atomic mass is 35.5. The summed E-state index contributed by atoms with van der Waals surface area (Å²) >= 11 is 6.23. The molecule has 0 aliphatic carbocycles. The first-order chi connectivity index (χ1) is 21.2. The Hall–Kier alpha value is -4.25. The smallest absolute Gasteiger partial charge is 0.262 e. The first-order valence-corrected chi connectivity index (χ1v) is 14.9. The number of nitrogens with one attached hydrogen (secondary N) is 2. The third-order valence-corrected chi connectivity index (χ3v) is 7.84. The van der Waals surface area contributed by atoms with Crippen LogP contribution in [0.15, 0.2) is 66.9 Å². The Labute approximate surface area is 262 Å². The van der Waals surface area contributed by atoms with E-state index in [4.69, 9.17) is 16.3 Å². The van der Waals surface area contributed by atoms with Gasteiger partial charge in [-0.2, -0.15) is 4.98 Å². The number of nitrogens with zero attached hydrogens (tertiary/aromatic N) is 5. The number of likely N-dealkylation sites (N-methyl/N-ethyl adjacent to an activating group) is 1. The fourth-order valence-corrected chi connectivity index (χ4v) is 5.18. The molecule has 0 unspecified atom stereocenters. The predicted molar refractivity (Wildman–Crippen MR) is 174 cm³/mol. The standard InChI is InChI=1S/C33H37ClFN7O2/c1-22-6-5-7-23(2)30(22)38-31(43)27-21-36-33(39-32(27)44-29-13-8-24(35)20-28(29)34)37-25-9-11-26(12-10-25)42-18-16-41(17-19-42)15-14-40(3)4/h5-13,20-21H,14-19H2,1-4H3,(H,38,43)(H,36,37,39). The maximum Gasteiger partial charge on any atom is 0.262 e. The molecule has 4 aromatic rings. The maximum atomic E-state index is 13.7. The first-order valence-electron chi connectivity index (χ1n) is 14.5. The van der Waals surface area contributed by atoms with E-state index in [1.54, 1.807) is 0 Å². The average Bonchev–Trinajstić information content (AvgIpc) is 3.00. The van der Waals surface area contributed by atoms with Gasteiger partial charge in [0.15, 0.2) is 0 Å². The Bertz CT molecular complexity index is 1590. The van der Waals surface area contributed by atoms with Crippen molar-refractivity contribution in [2.45, 2.75) is 13.8 Å². The van der Waals surface area contributed by atoms with Crippen LogP contribution in [0.1, 0.15) is 21.5 Å². The van der Waals surface area contributed by atoms with Gasteiger partial charge in [-0.05, 0) is 81.5 Å². The monoisotopic (exact) mass is 617 g/mol. The molecule has 1 fully saturated rings. The molecule has 1 amide bonds. The van der Waals surface area contributed by atoms with Crippen LogP contribution in [0.4, 0.5) is 27.4 Å². The Morgan fingerprint density at radius 2 is 1.73 bits per heavy atom. The summed E-state index contributed by atoms with van der Waals surface area (Å²) in [6.07, 6.45) is 1.40. The number of aryl methyl sites for hydroxylation is 2. The van der Waals surface area contributed by atoms with Gasteiger partial charge in [-0.1, -0.05) is 29.8 Å². The normalized spacial score (nSPS) is 13.7. The molecule has 11 heteroatoms. The van der Waals surface area contributed by atoms with Gasteiger partial charge < -0.3 is 25.2 Å². The molecule has 2 N–H and O–H groups in total. The molecule has 5 rings (SSSR count). The van der Waals surface area contributed by atoms with E-state index in [2.05, 4.69) is 61.5 Å². The molecule has 230 valence electrons. The van der Waals surface area contributed by atoms with Crippen molar-refractivity contribution >= 4 is 40.5 Å². The molecule has 9 nitrogen and oxygen atoms in total. The number of amides is 1. The van der Waals surface area contributed by atoms with Crippen molar-refractivity contribution < 1.29 is 13.9 Å². The number of hydrogen-bond acceptors (Lipinski definition) is 8. The molecule has 44 heavy (non-hydrogen) atoms. The van der Waals surface area contributed by atoms with E-state index in [1.807, 2.05) is 44.2 Å². The molecule has 2 heterocycles. The second kappa shape index (κ2) is 14.0. The van der Waals surface area contributed by atoms with Gasteiger partial charge in [0.25, 0.3) is 5.91 Å². The van der Waals surface area contributed by atoms with Gasteiger partial charge in [0.1, 0.15) is 17.1 Å². The number of ether oxygens (including phenoxy) is 1. The summed E-state index contributed by atoms with van der Waals surface area (Å²) in [6, 6.07) is 17.6. The lowest BCUT2D eigenvalue weighted by Crippen LogP contribution is -2.48. The zero-order valence-electron chi connectivity index (χ0n) is 25.4. The van der Waals surface area contributed by atoms with Crippen molar-refractivity contribution in [3.8, 4) is 11.6 Å². The molecular weight excluding hydrogens is 581 g/mol. The summed E-state index contributed by atoms with van der Waals surface area (Å²) in [6.45, 7) is 9.98. The topological polar surface area (TPSA) is 85.9 Å². The van der Waals surface area contributed by atoms with Gasteiger partial charge in [-0.15, -0.1) is 0 Å². The molecule has 1 saturated heterocycles. The number of anilines is 4. The van der Waals surface area contributed by atoms with E-state index in [9.17, 15) is 9.18 Å². The number of hydrogen-bond donors (Lipinski definition) is 2. The number of aromatic nitrogens is 2. The molecule has 1 aliphatic rings. The van der Waals surface area contributed by atoms with E-state index in [-0.39, 0.29) is 28.2 Å². The van der Waals surface area contributed by atoms with Crippen LogP contribution in [0.5, 0.6) is 11.6 Å². The second-order valence-corrected chi connectivity index (χ2v) is 11.5. The highest BCUT2D eigenvalue weighted by Crippen LogP contribution is 2.32. The summed E-state index contributed by atoms with van der Waals surface area (Å²) in [7, 11) is 4.20. The Morgan fingerprint density at radius 3 is 2.39 bits per heavy atom. The second-order valence-electron chi connectivity index (χ2n) is 11.1. The van der Waals surface area contributed by atoms with Gasteiger partial charge in [-0.3, -0.25) is 9.69 Å². The van der Waals surface area contributed by atoms with Crippen LogP contribution in [-0.4, -0.2) is 79.0 Å². The zero-order chi connectivity index (χ0) is 31.2. The van der Waals surface area contributed by atoms with Gasteiger partial charge in [0.05, 0.1) is 5.02 Å². The molecule has 0 saturated carbocycles. The van der Waals surface area contributed by atoms with E-state index >= 15 is 0 Å². The van der Waals surface area contributed by atoms with Crippen molar-refractivity contribution in [2.75, 3.05) is 68.9 Å². The minimum atomic E-state index is -0.505. The van der Waals surface area contributed by atoms with E-state index in [0.29, 0.717) is 5.69 Å². The Morgan fingerprint density at radius 1 is 1.02 bits per heavy atom. The van der Waals surface area contributed by atoms with Crippen molar-refractivity contribution in [1.82, 2.24) is 19.8 Å². The van der Waals surface area contributed by atoms with Gasteiger partial charge in [0.2, 0.25) is 11.8 Å². The molecule has 3 aromatic carbocycles. The summed E-state index contributed by atoms with van der Waals surface area (Å²) < 4.78 is 19.7. The Balaban J connectivity index is 1.33. The highest BCUT2D eigenvalue weighted by Gasteiger charge is 2.21. The van der Waals surface area contributed by atoms with E-state index < -0.39 is 11.7 Å². The Kier molecular flexibility index (Phi) is 9.94. The quantitative estimate of drug-likeness (QED) is 0.213. The molecular formula is C33H37ClFN7O2. The number of benzene rings is 3. The minimum absolute atomic E-state index is 0.0245. The lowest BCUT2D eigenvalue weighted by atomic mass is 10.1. The van der Waals surface area contributed by atoms with Crippen LogP contribution in [-0.2, 0) is 0 Å². The number of rotatable bonds is 10. The van der Waals surface area contributed by atoms with Crippen LogP contribution < -0.4 is 20.3 Å². The molecule has 0 atom stereocenters. The molecule has 0 radical (unpaired) electrons. The van der Waals surface area contributed by atoms with Gasteiger partial charge in [0, 0.05) is 62.5 Å². The maximum absolute atomic E-state index is 13.7. The predicted octanol–water partition coefficient (Wildman–Crippen LogP) is 6.36. The fourth-order valence-electron chi connectivity index (χ4n) is 4.97. The van der Waals surface area contributed by atoms with Crippen LogP contribution in [0, 0.1) is 19.7 Å². The van der Waals surface area contributed by atoms with E-state index in [0.717, 1.165) is 67.8 Å². The van der Waals surface area contributed by atoms with Crippen molar-refractivity contribution in [1.29, 1.82) is 0 Å². The zero-order valence-corrected chi connectivity index (χ0v) is 26.2. The lowest BCUT2D eigenvalue weighted by Gasteiger charge is -2.36. The molecule has 1 aliphatic heterocycles. The number of para-hydroxylation sites is 1. The third kappa shape index (κ3) is 7.82. The minimum Gasteiger partial charge on any atom is -0.436 e. The summed E-state index contributed by atoms with van der Waals surface area (Å²) in [4.78, 5) is 29.4. The van der Waals surface area contributed by atoms with Gasteiger partial charge >= 0.3 is 0 Å². The van der Waals surface area contributed by atoms with Crippen LogP contribution in [0.3, 0.4) is 0 Å². The van der Waals surface area contributed by atoms with Crippen LogP contribution >= 0.6 is 11.6 Å². The lowest BCUT2D eigenvalue weighted by molar-refractivity contribution is 0.102. The van der Waals surface area contributed by atoms with Crippen molar-refractivity contribution in [3.63, 3.8) is 0 Å². The summed E-state index contributed by atoms with van der Waals surface area (Å²) in [5.41, 5.74) is 4.54.